The third kappa shape index (κ3) is 1.92. The Bertz CT molecular complexity index is 610. The Morgan fingerprint density at radius 3 is 2.89 bits per heavy atom. The maximum Gasteiger partial charge on any atom is 0.433 e. The summed E-state index contributed by atoms with van der Waals surface area (Å²) in [6.45, 7) is 1.34. The molecule has 0 unspecified atom stereocenters. The highest BCUT2D eigenvalue weighted by molar-refractivity contribution is 5.67. The van der Waals surface area contributed by atoms with E-state index in [4.69, 9.17) is 0 Å². The van der Waals surface area contributed by atoms with Crippen molar-refractivity contribution in [1.29, 1.82) is 0 Å². The van der Waals surface area contributed by atoms with Crippen LogP contribution in [0.4, 0.5) is 13.2 Å². The number of hydrogen-bond acceptors (Lipinski definition) is 3. The van der Waals surface area contributed by atoms with E-state index in [-0.39, 0.29) is 5.56 Å². The fraction of sp³-hybridized carbons (Fsp3) is 0.455. The average molecular weight is 271 g/mol. The molecule has 1 aliphatic heterocycles. The van der Waals surface area contributed by atoms with Crippen LogP contribution in [-0.2, 0) is 26.2 Å². The van der Waals surface area contributed by atoms with Crippen molar-refractivity contribution in [1.82, 2.24) is 25.3 Å². The van der Waals surface area contributed by atoms with Gasteiger partial charge in [0.15, 0.2) is 5.69 Å². The molecule has 0 fully saturated rings. The molecule has 3 rings (SSSR count). The van der Waals surface area contributed by atoms with Crippen molar-refractivity contribution >= 4 is 0 Å². The topological polar surface area (TPSA) is 58.5 Å². The van der Waals surface area contributed by atoms with E-state index < -0.39 is 11.9 Å². The molecular formula is C11H12F3N5. The van der Waals surface area contributed by atoms with Crippen LogP contribution in [0, 0.1) is 0 Å². The van der Waals surface area contributed by atoms with E-state index in [2.05, 4.69) is 20.6 Å². The minimum Gasteiger partial charge on any atom is -0.311 e. The highest BCUT2D eigenvalue weighted by Crippen LogP contribution is 2.37. The minimum absolute atomic E-state index is 0.0365. The fourth-order valence-electron chi connectivity index (χ4n) is 2.41. The van der Waals surface area contributed by atoms with Crippen molar-refractivity contribution < 1.29 is 13.2 Å². The molecule has 0 radical (unpaired) electrons. The van der Waals surface area contributed by atoms with Crippen molar-refractivity contribution in [2.75, 3.05) is 6.54 Å². The number of halogens is 3. The van der Waals surface area contributed by atoms with Gasteiger partial charge in [0.25, 0.3) is 0 Å². The number of hydrogen-bond donors (Lipinski definition) is 2. The maximum atomic E-state index is 13.1. The molecule has 2 aromatic heterocycles. The first-order valence-corrected chi connectivity index (χ1v) is 5.85. The summed E-state index contributed by atoms with van der Waals surface area (Å²) in [5.41, 5.74) is 1.32. The number of nitrogens with zero attached hydrogens (tertiary/aromatic N) is 3. The third-order valence-electron chi connectivity index (χ3n) is 3.27. The van der Waals surface area contributed by atoms with Crippen molar-refractivity contribution in [3.8, 4) is 11.3 Å². The molecule has 0 aromatic carbocycles. The number of aromatic amines is 1. The molecule has 2 N–H and O–H groups in total. The molecule has 0 saturated carbocycles. The summed E-state index contributed by atoms with van der Waals surface area (Å²) in [5, 5.41) is 13.7. The number of aryl methyl sites for hydroxylation is 1. The van der Waals surface area contributed by atoms with Crippen LogP contribution in [0.25, 0.3) is 11.3 Å². The molecule has 3 heterocycles. The minimum atomic E-state index is -4.45. The van der Waals surface area contributed by atoms with Crippen LogP contribution in [0.1, 0.15) is 17.0 Å². The lowest BCUT2D eigenvalue weighted by atomic mass is 10.0. The Kier molecular flexibility index (Phi) is 2.63. The molecule has 0 amide bonds. The van der Waals surface area contributed by atoms with Crippen LogP contribution in [0.15, 0.2) is 6.20 Å². The van der Waals surface area contributed by atoms with E-state index in [0.717, 1.165) is 22.5 Å². The van der Waals surface area contributed by atoms with E-state index in [1.807, 2.05) is 0 Å². The van der Waals surface area contributed by atoms with Gasteiger partial charge in [0.2, 0.25) is 0 Å². The maximum absolute atomic E-state index is 13.1. The number of aromatic nitrogens is 4. The highest BCUT2D eigenvalue weighted by Gasteiger charge is 2.39. The fourth-order valence-corrected chi connectivity index (χ4v) is 2.41. The van der Waals surface area contributed by atoms with Crippen LogP contribution in [0.5, 0.6) is 0 Å². The van der Waals surface area contributed by atoms with Crippen molar-refractivity contribution in [3.05, 3.63) is 23.1 Å². The summed E-state index contributed by atoms with van der Waals surface area (Å²) in [6, 6.07) is 0. The van der Waals surface area contributed by atoms with Gasteiger partial charge in [0, 0.05) is 19.2 Å². The quantitative estimate of drug-likeness (QED) is 0.826. The predicted molar refractivity (Wildman–Crippen MR) is 61.2 cm³/mol. The van der Waals surface area contributed by atoms with Gasteiger partial charge < -0.3 is 5.32 Å². The van der Waals surface area contributed by atoms with Gasteiger partial charge >= 0.3 is 6.18 Å². The van der Waals surface area contributed by atoms with Gasteiger partial charge in [-0.25, -0.2) is 0 Å². The average Bonchev–Trinajstić information content (AvgIpc) is 2.91. The highest BCUT2D eigenvalue weighted by atomic mass is 19.4. The van der Waals surface area contributed by atoms with E-state index >= 15 is 0 Å². The van der Waals surface area contributed by atoms with E-state index in [1.165, 1.54) is 13.2 Å². The molecule has 8 heteroatoms. The van der Waals surface area contributed by atoms with Gasteiger partial charge in [-0.3, -0.25) is 9.78 Å². The Balaban J connectivity index is 2.16. The van der Waals surface area contributed by atoms with Crippen LogP contribution >= 0.6 is 0 Å². The first-order valence-electron chi connectivity index (χ1n) is 5.85. The number of nitrogens with one attached hydrogen (secondary N) is 2. The van der Waals surface area contributed by atoms with Gasteiger partial charge in [0.05, 0.1) is 23.1 Å². The number of fused-ring (bicyclic) bond motifs is 1. The third-order valence-corrected chi connectivity index (χ3v) is 3.27. The number of H-pyrrole nitrogens is 1. The molecule has 0 saturated heterocycles. The molecule has 0 spiro atoms. The molecule has 5 nitrogen and oxygen atoms in total. The lowest BCUT2D eigenvalue weighted by Crippen LogP contribution is -2.23. The van der Waals surface area contributed by atoms with E-state index in [0.29, 0.717) is 18.7 Å². The summed E-state index contributed by atoms with van der Waals surface area (Å²) >= 11 is 0. The monoisotopic (exact) mass is 271 g/mol. The lowest BCUT2D eigenvalue weighted by molar-refractivity contribution is -0.143. The zero-order chi connectivity index (χ0) is 13.6. The molecule has 102 valence electrons. The largest absolute Gasteiger partial charge is 0.433 e. The van der Waals surface area contributed by atoms with Crippen LogP contribution in [0.3, 0.4) is 0 Å². The molecule has 0 atom stereocenters. The van der Waals surface area contributed by atoms with E-state index in [1.54, 1.807) is 0 Å². The Morgan fingerprint density at radius 1 is 1.37 bits per heavy atom. The lowest BCUT2D eigenvalue weighted by Gasteiger charge is -2.13. The van der Waals surface area contributed by atoms with Crippen LogP contribution in [0.2, 0.25) is 0 Å². The van der Waals surface area contributed by atoms with Crippen molar-refractivity contribution in [2.24, 2.45) is 7.05 Å². The molecule has 0 aliphatic carbocycles. The standard InChI is InChI=1S/C11H12F3N5/c1-19-10(11(12,13)14)7(4-16-19)9-6-2-3-15-5-8(6)17-18-9/h4,15H,2-3,5H2,1H3,(H,17,18). The Morgan fingerprint density at radius 2 is 2.16 bits per heavy atom. The summed E-state index contributed by atoms with van der Waals surface area (Å²) in [6.07, 6.45) is -2.56. The van der Waals surface area contributed by atoms with Gasteiger partial charge in [0.1, 0.15) is 0 Å². The second-order valence-corrected chi connectivity index (χ2v) is 4.48. The summed E-state index contributed by atoms with van der Waals surface area (Å²) in [7, 11) is 1.28. The number of alkyl halides is 3. The van der Waals surface area contributed by atoms with Crippen LogP contribution in [-0.4, -0.2) is 26.5 Å². The van der Waals surface area contributed by atoms with Crippen molar-refractivity contribution in [3.63, 3.8) is 0 Å². The molecular weight excluding hydrogens is 259 g/mol. The van der Waals surface area contributed by atoms with Gasteiger partial charge in [-0.15, -0.1) is 0 Å². The summed E-state index contributed by atoms with van der Waals surface area (Å²) in [4.78, 5) is 0. The zero-order valence-corrected chi connectivity index (χ0v) is 10.2. The number of rotatable bonds is 1. The SMILES string of the molecule is Cn1ncc(-c2n[nH]c3c2CCNC3)c1C(F)(F)F. The van der Waals surface area contributed by atoms with Gasteiger partial charge in [-0.2, -0.15) is 23.4 Å². The molecule has 2 aromatic rings. The first-order chi connectivity index (χ1) is 8.98. The normalized spacial score (nSPS) is 15.6. The Labute approximate surface area is 106 Å². The summed E-state index contributed by atoms with van der Waals surface area (Å²) < 4.78 is 40.0. The first kappa shape index (κ1) is 12.2. The van der Waals surface area contributed by atoms with Crippen molar-refractivity contribution in [2.45, 2.75) is 19.1 Å². The zero-order valence-electron chi connectivity index (χ0n) is 10.2. The van der Waals surface area contributed by atoms with Gasteiger partial charge in [-0.1, -0.05) is 0 Å². The second kappa shape index (κ2) is 4.09. The molecule has 0 bridgehead atoms. The van der Waals surface area contributed by atoms with Gasteiger partial charge in [-0.05, 0) is 13.0 Å². The summed E-state index contributed by atoms with van der Waals surface area (Å²) in [5.74, 6) is 0. The predicted octanol–water partition coefficient (Wildman–Crippen LogP) is 1.47. The molecule has 1 aliphatic rings. The smallest absolute Gasteiger partial charge is 0.311 e. The van der Waals surface area contributed by atoms with Crippen LogP contribution < -0.4 is 5.32 Å². The molecule has 19 heavy (non-hydrogen) atoms. The Hall–Kier alpha value is -1.83. The second-order valence-electron chi connectivity index (χ2n) is 4.48. The van der Waals surface area contributed by atoms with E-state index in [9.17, 15) is 13.2 Å².